The van der Waals surface area contributed by atoms with Gasteiger partial charge in [-0.2, -0.15) is 0 Å². The molecule has 160 valence electrons. The van der Waals surface area contributed by atoms with E-state index in [1.807, 2.05) is 24.4 Å². The molecule has 3 heterocycles. The number of amides is 1. The number of carbonyl (C=O) groups is 1. The first kappa shape index (κ1) is 21.0. The molecule has 1 aromatic heterocycles. The Labute approximate surface area is 179 Å². The number of carbonyl (C=O) groups excluding carboxylic acids is 1. The Balaban J connectivity index is 1.49. The molecule has 2 aromatic rings. The maximum absolute atomic E-state index is 13.9. The Morgan fingerprint density at radius 3 is 2.60 bits per heavy atom. The van der Waals surface area contributed by atoms with E-state index in [1.165, 1.54) is 17.7 Å². The number of nitrogens with zero attached hydrogens (tertiary/aromatic N) is 3. The average molecular weight is 410 g/mol. The summed E-state index contributed by atoms with van der Waals surface area (Å²) in [6.07, 6.45) is 9.37. The lowest BCUT2D eigenvalue weighted by Gasteiger charge is -2.44. The minimum atomic E-state index is -0.374. The summed E-state index contributed by atoms with van der Waals surface area (Å²) >= 11 is 0. The largest absolute Gasteiger partial charge is 0.342 e. The van der Waals surface area contributed by atoms with E-state index in [2.05, 4.69) is 27.9 Å². The number of aromatic nitrogens is 1. The molecule has 0 N–H and O–H groups in total. The van der Waals surface area contributed by atoms with Gasteiger partial charge in [-0.3, -0.25) is 9.78 Å². The summed E-state index contributed by atoms with van der Waals surface area (Å²) < 4.78 is 13.4. The molecule has 1 aromatic carbocycles. The van der Waals surface area contributed by atoms with E-state index in [0.29, 0.717) is 18.2 Å². The van der Waals surface area contributed by atoms with Crippen molar-refractivity contribution in [1.82, 2.24) is 14.8 Å². The lowest BCUT2D eigenvalue weighted by Crippen LogP contribution is -2.53. The number of pyridine rings is 1. The van der Waals surface area contributed by atoms with Gasteiger partial charge in [0.25, 0.3) is 0 Å². The maximum Gasteiger partial charge on any atom is 0.229 e. The van der Waals surface area contributed by atoms with Crippen molar-refractivity contribution < 1.29 is 9.18 Å². The van der Waals surface area contributed by atoms with E-state index in [0.717, 1.165) is 63.8 Å². The second kappa shape index (κ2) is 9.25. The molecule has 0 unspecified atom stereocenters. The molecule has 30 heavy (non-hydrogen) atoms. The molecule has 2 fully saturated rings. The van der Waals surface area contributed by atoms with Crippen molar-refractivity contribution in [2.75, 3.05) is 33.2 Å². The topological polar surface area (TPSA) is 36.4 Å². The number of benzene rings is 1. The van der Waals surface area contributed by atoms with Gasteiger partial charge < -0.3 is 9.80 Å². The van der Waals surface area contributed by atoms with E-state index in [-0.39, 0.29) is 11.2 Å². The summed E-state index contributed by atoms with van der Waals surface area (Å²) in [5, 5.41) is 0. The van der Waals surface area contributed by atoms with Gasteiger partial charge >= 0.3 is 0 Å². The second-order valence-corrected chi connectivity index (χ2v) is 9.21. The number of rotatable bonds is 5. The predicted octanol–water partition coefficient (Wildman–Crippen LogP) is 3.96. The van der Waals surface area contributed by atoms with Crippen LogP contribution in [0.25, 0.3) is 0 Å². The van der Waals surface area contributed by atoms with Crippen molar-refractivity contribution in [3.05, 3.63) is 65.7 Å². The van der Waals surface area contributed by atoms with Crippen LogP contribution in [0.3, 0.4) is 0 Å². The Morgan fingerprint density at radius 2 is 1.90 bits per heavy atom. The van der Waals surface area contributed by atoms with E-state index < -0.39 is 0 Å². The molecule has 5 heteroatoms. The molecule has 0 radical (unpaired) electrons. The van der Waals surface area contributed by atoms with E-state index >= 15 is 0 Å². The van der Waals surface area contributed by atoms with Gasteiger partial charge in [-0.05, 0) is 93.9 Å². The van der Waals surface area contributed by atoms with Crippen molar-refractivity contribution >= 4 is 5.91 Å². The molecule has 1 atom stereocenters. The van der Waals surface area contributed by atoms with Crippen molar-refractivity contribution in [1.29, 1.82) is 0 Å². The first-order valence-corrected chi connectivity index (χ1v) is 11.2. The van der Waals surface area contributed by atoms with Crippen LogP contribution in [0.4, 0.5) is 4.39 Å². The zero-order valence-electron chi connectivity index (χ0n) is 17.9. The molecule has 1 amide bonds. The summed E-state index contributed by atoms with van der Waals surface area (Å²) in [4.78, 5) is 22.5. The second-order valence-electron chi connectivity index (χ2n) is 9.21. The van der Waals surface area contributed by atoms with Crippen LogP contribution in [0.15, 0.2) is 48.8 Å². The van der Waals surface area contributed by atoms with Crippen LogP contribution in [0, 0.1) is 17.2 Å². The monoisotopic (exact) mass is 409 g/mol. The number of likely N-dealkylation sites (tertiary alicyclic amines) is 2. The summed E-state index contributed by atoms with van der Waals surface area (Å²) in [7, 11) is 2.12. The molecule has 0 saturated carbocycles. The fourth-order valence-electron chi connectivity index (χ4n) is 5.11. The normalized spacial score (nSPS) is 22.1. The zero-order chi connectivity index (χ0) is 21.0. The highest BCUT2D eigenvalue weighted by atomic mass is 19.1. The summed E-state index contributed by atoms with van der Waals surface area (Å²) in [6.45, 7) is 3.54. The third kappa shape index (κ3) is 4.89. The van der Waals surface area contributed by atoms with Crippen molar-refractivity contribution in [2.24, 2.45) is 11.3 Å². The Morgan fingerprint density at radius 1 is 1.13 bits per heavy atom. The lowest BCUT2D eigenvalue weighted by molar-refractivity contribution is -0.147. The van der Waals surface area contributed by atoms with Crippen molar-refractivity contribution in [3.63, 3.8) is 0 Å². The van der Waals surface area contributed by atoms with Crippen LogP contribution < -0.4 is 0 Å². The molecular weight excluding hydrogens is 377 g/mol. The van der Waals surface area contributed by atoms with Crippen molar-refractivity contribution in [3.8, 4) is 0 Å². The molecule has 2 aliphatic rings. The SMILES string of the molecule is CN1CCC(Cc2ccc(F)cc2)(C(=O)N2CCC[C@@H](Cc3cccnc3)C2)CC1. The van der Waals surface area contributed by atoms with Crippen LogP contribution in [-0.4, -0.2) is 53.9 Å². The number of halogens is 1. The first-order chi connectivity index (χ1) is 14.5. The van der Waals surface area contributed by atoms with Gasteiger partial charge in [-0.25, -0.2) is 4.39 Å². The predicted molar refractivity (Wildman–Crippen MR) is 117 cm³/mol. The summed E-state index contributed by atoms with van der Waals surface area (Å²) in [5.41, 5.74) is 1.93. The number of piperidine rings is 2. The van der Waals surface area contributed by atoms with Crippen LogP contribution in [-0.2, 0) is 17.6 Å². The third-order valence-electron chi connectivity index (χ3n) is 6.91. The Kier molecular flexibility index (Phi) is 6.47. The van der Waals surface area contributed by atoms with Crippen LogP contribution >= 0.6 is 0 Å². The van der Waals surface area contributed by atoms with Gasteiger partial charge in [-0.1, -0.05) is 18.2 Å². The molecule has 4 nitrogen and oxygen atoms in total. The number of hydrogen-bond acceptors (Lipinski definition) is 3. The van der Waals surface area contributed by atoms with Gasteiger partial charge in [0.1, 0.15) is 5.82 Å². The molecule has 2 aliphatic heterocycles. The van der Waals surface area contributed by atoms with E-state index in [9.17, 15) is 9.18 Å². The van der Waals surface area contributed by atoms with Gasteiger partial charge in [0.05, 0.1) is 5.41 Å². The van der Waals surface area contributed by atoms with Gasteiger partial charge in [-0.15, -0.1) is 0 Å². The van der Waals surface area contributed by atoms with Crippen LogP contribution in [0.2, 0.25) is 0 Å². The van der Waals surface area contributed by atoms with Gasteiger partial charge in [0, 0.05) is 25.5 Å². The summed E-state index contributed by atoms with van der Waals surface area (Å²) in [6, 6.07) is 10.8. The first-order valence-electron chi connectivity index (χ1n) is 11.2. The van der Waals surface area contributed by atoms with E-state index in [1.54, 1.807) is 6.20 Å². The Hall–Kier alpha value is -2.27. The maximum atomic E-state index is 13.9. The number of hydrogen-bond donors (Lipinski definition) is 0. The van der Waals surface area contributed by atoms with Gasteiger partial charge in [0.15, 0.2) is 0 Å². The minimum absolute atomic E-state index is 0.225. The highest BCUT2D eigenvalue weighted by Crippen LogP contribution is 2.38. The lowest BCUT2D eigenvalue weighted by atomic mass is 9.72. The van der Waals surface area contributed by atoms with E-state index in [4.69, 9.17) is 0 Å². The fraction of sp³-hybridized carbons (Fsp3) is 0.520. The smallest absolute Gasteiger partial charge is 0.229 e. The fourth-order valence-corrected chi connectivity index (χ4v) is 5.11. The molecule has 0 bridgehead atoms. The molecule has 0 spiro atoms. The molecule has 0 aliphatic carbocycles. The average Bonchev–Trinajstić information content (AvgIpc) is 2.77. The minimum Gasteiger partial charge on any atom is -0.342 e. The molecule has 4 rings (SSSR count). The summed E-state index contributed by atoms with van der Waals surface area (Å²) in [5.74, 6) is 0.564. The van der Waals surface area contributed by atoms with Gasteiger partial charge in [0.2, 0.25) is 5.91 Å². The Bertz CT molecular complexity index is 831. The third-order valence-corrected chi connectivity index (χ3v) is 6.91. The van der Waals surface area contributed by atoms with Crippen LogP contribution in [0.1, 0.15) is 36.8 Å². The van der Waals surface area contributed by atoms with Crippen molar-refractivity contribution in [2.45, 2.75) is 38.5 Å². The highest BCUT2D eigenvalue weighted by molar-refractivity contribution is 5.83. The molecular formula is C25H32FN3O. The standard InChI is InChI=1S/C25H32FN3O/c1-28-14-10-25(11-15-28,17-20-6-8-23(26)9-7-20)24(30)29-13-3-5-22(19-29)16-21-4-2-12-27-18-21/h2,4,6-9,12,18,22H,3,5,10-11,13-17,19H2,1H3/t22-/m0/s1. The highest BCUT2D eigenvalue weighted by Gasteiger charge is 2.44. The quantitative estimate of drug-likeness (QED) is 0.750. The molecule has 2 saturated heterocycles. The van der Waals surface area contributed by atoms with Crippen LogP contribution in [0.5, 0.6) is 0 Å². The zero-order valence-corrected chi connectivity index (χ0v) is 17.9.